The van der Waals surface area contributed by atoms with E-state index in [2.05, 4.69) is 15.2 Å². The normalized spacial score (nSPS) is 19.0. The number of aromatic nitrogens is 4. The van der Waals surface area contributed by atoms with E-state index in [1.165, 1.54) is 3.97 Å². The minimum atomic E-state index is -0.513. The van der Waals surface area contributed by atoms with Crippen LogP contribution in [0.3, 0.4) is 0 Å². The van der Waals surface area contributed by atoms with Gasteiger partial charge in [-0.05, 0) is 33.8 Å². The maximum absolute atomic E-state index is 13.3. The maximum Gasteiger partial charge on any atom is 0.496 e. The fraction of sp³-hybridized carbons (Fsp3) is 0.375. The second kappa shape index (κ2) is 5.58. The van der Waals surface area contributed by atoms with E-state index in [0.717, 1.165) is 22.0 Å². The number of H-pyrrole nitrogens is 1. The van der Waals surface area contributed by atoms with Crippen LogP contribution in [-0.4, -0.2) is 37.5 Å². The Morgan fingerprint density at radius 1 is 1.20 bits per heavy atom. The number of nitrogens with zero attached hydrogens (tertiary/aromatic N) is 3. The number of pyridine rings is 1. The summed E-state index contributed by atoms with van der Waals surface area (Å²) in [5, 5.41) is 7.57. The molecule has 1 aliphatic heterocycles. The number of hydrogen-bond acceptors (Lipinski definition) is 5. The molecule has 0 saturated carbocycles. The predicted molar refractivity (Wildman–Crippen MR) is 97.1 cm³/mol. The van der Waals surface area contributed by atoms with Crippen molar-refractivity contribution in [2.75, 3.05) is 0 Å². The van der Waals surface area contributed by atoms with Crippen LogP contribution in [0.25, 0.3) is 22.2 Å². The summed E-state index contributed by atoms with van der Waals surface area (Å²) >= 11 is 0.115. The molecule has 3 aromatic rings. The van der Waals surface area contributed by atoms with Crippen LogP contribution in [0.5, 0.6) is 0 Å². The molecule has 4 rings (SSSR count). The molecule has 1 fully saturated rings. The molecule has 0 aromatic carbocycles. The van der Waals surface area contributed by atoms with E-state index in [-0.39, 0.29) is 12.3 Å². The van der Waals surface area contributed by atoms with Crippen molar-refractivity contribution in [3.63, 3.8) is 0 Å². The first kappa shape index (κ1) is 16.6. The Morgan fingerprint density at radius 2 is 1.92 bits per heavy atom. The standard InChI is InChI=1S/C16H18BFN4O2S/c1-15(2)16(3,4)24-17(23-15)11-5-12-13(10-6-20-21-7-10)9-22(25-18)14(12)19-8-11/h5-9H,1-4H3,(H,20,21). The predicted octanol–water partition coefficient (Wildman–Crippen LogP) is 3.11. The summed E-state index contributed by atoms with van der Waals surface area (Å²) in [5.74, 6) is 0. The minimum Gasteiger partial charge on any atom is -0.399 e. The largest absolute Gasteiger partial charge is 0.496 e. The van der Waals surface area contributed by atoms with Crippen LogP contribution in [0.15, 0.2) is 30.9 Å². The second-order valence-electron chi connectivity index (χ2n) is 7.15. The van der Waals surface area contributed by atoms with Crippen molar-refractivity contribution < 1.29 is 13.2 Å². The van der Waals surface area contributed by atoms with Crippen molar-refractivity contribution in [3.8, 4) is 11.1 Å². The van der Waals surface area contributed by atoms with Crippen molar-refractivity contribution in [3.05, 3.63) is 30.9 Å². The zero-order valence-electron chi connectivity index (χ0n) is 14.4. The highest BCUT2D eigenvalue weighted by molar-refractivity contribution is 7.92. The molecule has 3 aromatic heterocycles. The lowest BCUT2D eigenvalue weighted by Gasteiger charge is -2.32. The molecule has 0 bridgehead atoms. The first-order chi connectivity index (χ1) is 11.8. The average molecular weight is 360 g/mol. The zero-order chi connectivity index (χ0) is 17.8. The van der Waals surface area contributed by atoms with Gasteiger partial charge >= 0.3 is 7.12 Å². The van der Waals surface area contributed by atoms with Crippen molar-refractivity contribution >= 4 is 35.9 Å². The van der Waals surface area contributed by atoms with Crippen LogP contribution in [0.4, 0.5) is 3.89 Å². The van der Waals surface area contributed by atoms with E-state index >= 15 is 0 Å². The Kier molecular flexibility index (Phi) is 3.71. The molecule has 0 aliphatic carbocycles. The number of aromatic amines is 1. The molecule has 1 saturated heterocycles. The summed E-state index contributed by atoms with van der Waals surface area (Å²) < 4.78 is 26.9. The van der Waals surface area contributed by atoms with Crippen LogP contribution in [-0.2, 0) is 9.31 Å². The van der Waals surface area contributed by atoms with Crippen molar-refractivity contribution in [1.29, 1.82) is 0 Å². The molecule has 4 heterocycles. The molecule has 1 aliphatic rings. The Morgan fingerprint density at radius 3 is 2.52 bits per heavy atom. The molecule has 25 heavy (non-hydrogen) atoms. The van der Waals surface area contributed by atoms with Gasteiger partial charge in [-0.1, -0.05) is 0 Å². The molecule has 1 N–H and O–H groups in total. The number of rotatable bonds is 3. The summed E-state index contributed by atoms with van der Waals surface area (Å²) in [5.41, 5.74) is 2.20. The van der Waals surface area contributed by atoms with E-state index in [1.807, 2.05) is 33.8 Å². The summed E-state index contributed by atoms with van der Waals surface area (Å²) in [6, 6.07) is 1.94. The maximum atomic E-state index is 13.3. The molecular formula is C16H18BFN4O2S. The van der Waals surface area contributed by atoms with E-state index in [9.17, 15) is 3.89 Å². The summed E-state index contributed by atoms with van der Waals surface area (Å²) in [4.78, 5) is 4.43. The molecule has 0 atom stereocenters. The molecule has 0 radical (unpaired) electrons. The number of nitrogens with one attached hydrogen (secondary N) is 1. The van der Waals surface area contributed by atoms with Gasteiger partial charge in [0.2, 0.25) is 0 Å². The molecule has 130 valence electrons. The molecule has 0 spiro atoms. The van der Waals surface area contributed by atoms with Crippen molar-refractivity contribution in [2.24, 2.45) is 0 Å². The van der Waals surface area contributed by atoms with Gasteiger partial charge in [0.05, 0.1) is 17.4 Å². The van der Waals surface area contributed by atoms with Gasteiger partial charge in [0.25, 0.3) is 0 Å². The SMILES string of the molecule is CC1(C)OB(c2cnc3c(c2)c(-c2cn[nH]c2)cn3SF)OC1(C)C. The fourth-order valence-corrected chi connectivity index (χ4v) is 3.24. The van der Waals surface area contributed by atoms with E-state index < -0.39 is 18.3 Å². The third kappa shape index (κ3) is 2.57. The molecular weight excluding hydrogens is 342 g/mol. The van der Waals surface area contributed by atoms with Crippen LogP contribution in [0.2, 0.25) is 0 Å². The van der Waals surface area contributed by atoms with E-state index in [4.69, 9.17) is 9.31 Å². The molecule has 0 amide bonds. The topological polar surface area (TPSA) is 65.0 Å². The lowest BCUT2D eigenvalue weighted by atomic mass is 9.80. The Hall–Kier alpha value is -1.84. The van der Waals surface area contributed by atoms with E-state index in [1.54, 1.807) is 24.8 Å². The Labute approximate surface area is 149 Å². The Balaban J connectivity index is 1.82. The number of fused-ring (bicyclic) bond motifs is 1. The Bertz CT molecular complexity index is 910. The third-order valence-electron chi connectivity index (χ3n) is 5.04. The molecule has 6 nitrogen and oxygen atoms in total. The highest BCUT2D eigenvalue weighted by Crippen LogP contribution is 2.37. The first-order valence-corrected chi connectivity index (χ1v) is 8.65. The minimum absolute atomic E-state index is 0.115. The van der Waals surface area contributed by atoms with Crippen molar-refractivity contribution in [1.82, 2.24) is 19.2 Å². The summed E-state index contributed by atoms with van der Waals surface area (Å²) in [6.45, 7) is 8.02. The summed E-state index contributed by atoms with van der Waals surface area (Å²) in [7, 11) is -0.513. The smallest absolute Gasteiger partial charge is 0.399 e. The average Bonchev–Trinajstić information content (AvgIpc) is 3.24. The van der Waals surface area contributed by atoms with Gasteiger partial charge in [0.1, 0.15) is 0 Å². The molecule has 0 unspecified atom stereocenters. The summed E-state index contributed by atoms with van der Waals surface area (Å²) in [6.07, 6.45) is 6.85. The van der Waals surface area contributed by atoms with Gasteiger partial charge < -0.3 is 9.31 Å². The zero-order valence-corrected chi connectivity index (χ0v) is 15.2. The number of halogens is 1. The van der Waals surface area contributed by atoms with Crippen LogP contribution in [0, 0.1) is 0 Å². The van der Waals surface area contributed by atoms with Gasteiger partial charge in [-0.25, -0.2) is 8.96 Å². The number of hydrogen-bond donors (Lipinski definition) is 1. The monoisotopic (exact) mass is 360 g/mol. The molecule has 9 heteroatoms. The van der Waals surface area contributed by atoms with Crippen molar-refractivity contribution in [2.45, 2.75) is 38.9 Å². The fourth-order valence-electron chi connectivity index (χ4n) is 2.88. The second-order valence-corrected chi connectivity index (χ2v) is 7.68. The van der Waals surface area contributed by atoms with Gasteiger partial charge in [0.15, 0.2) is 18.0 Å². The quantitative estimate of drug-likeness (QED) is 0.727. The van der Waals surface area contributed by atoms with Crippen LogP contribution in [0.1, 0.15) is 27.7 Å². The van der Waals surface area contributed by atoms with Gasteiger partial charge in [0, 0.05) is 40.6 Å². The van der Waals surface area contributed by atoms with Gasteiger partial charge in [-0.2, -0.15) is 5.10 Å². The lowest BCUT2D eigenvalue weighted by molar-refractivity contribution is 0.00578. The van der Waals surface area contributed by atoms with E-state index in [0.29, 0.717) is 5.65 Å². The lowest BCUT2D eigenvalue weighted by Crippen LogP contribution is -2.41. The van der Waals surface area contributed by atoms with Crippen LogP contribution >= 0.6 is 12.3 Å². The third-order valence-corrected chi connectivity index (χ3v) is 5.47. The highest BCUT2D eigenvalue weighted by Gasteiger charge is 2.51. The van der Waals surface area contributed by atoms with Gasteiger partial charge in [-0.3, -0.25) is 5.10 Å². The highest BCUT2D eigenvalue weighted by atomic mass is 32.2. The van der Waals surface area contributed by atoms with Gasteiger partial charge in [-0.15, -0.1) is 3.89 Å². The first-order valence-electron chi connectivity index (χ1n) is 7.97. The van der Waals surface area contributed by atoms with Crippen LogP contribution < -0.4 is 5.46 Å².